The summed E-state index contributed by atoms with van der Waals surface area (Å²) >= 11 is 0. The molecule has 1 saturated heterocycles. The Labute approximate surface area is 128 Å². The lowest BCUT2D eigenvalue weighted by Crippen LogP contribution is -2.36. The number of likely N-dealkylation sites (tertiary alicyclic amines) is 1. The molecule has 1 aliphatic carbocycles. The van der Waals surface area contributed by atoms with Gasteiger partial charge in [-0.15, -0.1) is 0 Å². The number of imide groups is 1. The van der Waals surface area contributed by atoms with Gasteiger partial charge in [-0.3, -0.25) is 24.0 Å². The van der Waals surface area contributed by atoms with Crippen molar-refractivity contribution < 1.29 is 14.4 Å². The van der Waals surface area contributed by atoms with Crippen LogP contribution in [0.2, 0.25) is 0 Å². The quantitative estimate of drug-likeness (QED) is 0.843. The number of rotatable bonds is 4. The Morgan fingerprint density at radius 3 is 2.73 bits per heavy atom. The average Bonchev–Trinajstić information content (AvgIpc) is 3.13. The summed E-state index contributed by atoms with van der Waals surface area (Å²) in [6.07, 6.45) is 5.76. The van der Waals surface area contributed by atoms with Gasteiger partial charge in [-0.1, -0.05) is 12.8 Å². The molecule has 0 radical (unpaired) electrons. The normalized spacial score (nSPS) is 20.1. The number of carbonyl (C=O) groups excluding carboxylic acids is 3. The second-order valence-electron chi connectivity index (χ2n) is 6.19. The summed E-state index contributed by atoms with van der Waals surface area (Å²) in [6, 6.07) is 1.69. The molecule has 0 atom stereocenters. The van der Waals surface area contributed by atoms with Crippen LogP contribution in [0.25, 0.3) is 0 Å². The van der Waals surface area contributed by atoms with Crippen molar-refractivity contribution >= 4 is 23.5 Å². The summed E-state index contributed by atoms with van der Waals surface area (Å²) in [5, 5.41) is 6.71. The highest BCUT2D eigenvalue weighted by atomic mass is 16.2. The van der Waals surface area contributed by atoms with Crippen molar-refractivity contribution in [2.45, 2.75) is 38.5 Å². The SMILES string of the molecule is Cn1ccc(NC(=O)CCN2C(=O)CC3(CCCC3)C2=O)n1. The van der Waals surface area contributed by atoms with Gasteiger partial charge in [0.05, 0.1) is 5.41 Å². The maximum absolute atomic E-state index is 12.5. The maximum Gasteiger partial charge on any atom is 0.235 e. The fraction of sp³-hybridized carbons (Fsp3) is 0.600. The molecule has 2 aliphatic rings. The first-order valence-electron chi connectivity index (χ1n) is 7.64. The molecule has 1 aromatic heterocycles. The van der Waals surface area contributed by atoms with Crippen LogP contribution in [0.1, 0.15) is 38.5 Å². The van der Waals surface area contributed by atoms with Crippen LogP contribution in [0.4, 0.5) is 5.82 Å². The Hall–Kier alpha value is -2.18. The Morgan fingerprint density at radius 2 is 2.09 bits per heavy atom. The number of aromatic nitrogens is 2. The first kappa shape index (κ1) is 14.7. The minimum Gasteiger partial charge on any atom is -0.309 e. The zero-order valence-electron chi connectivity index (χ0n) is 12.7. The van der Waals surface area contributed by atoms with Crippen LogP contribution in [0.3, 0.4) is 0 Å². The lowest BCUT2D eigenvalue weighted by atomic mass is 9.84. The van der Waals surface area contributed by atoms with Crippen molar-refractivity contribution in [3.63, 3.8) is 0 Å². The summed E-state index contributed by atoms with van der Waals surface area (Å²) in [6.45, 7) is 0.151. The molecule has 1 saturated carbocycles. The molecule has 7 nitrogen and oxygen atoms in total. The van der Waals surface area contributed by atoms with Gasteiger partial charge in [-0.05, 0) is 12.8 Å². The zero-order chi connectivity index (χ0) is 15.7. The Balaban J connectivity index is 1.56. The Kier molecular flexibility index (Phi) is 3.72. The van der Waals surface area contributed by atoms with Gasteiger partial charge in [0.25, 0.3) is 0 Å². The van der Waals surface area contributed by atoms with Crippen molar-refractivity contribution in [1.82, 2.24) is 14.7 Å². The molecule has 3 rings (SSSR count). The highest BCUT2D eigenvalue weighted by molar-refractivity contribution is 6.06. The van der Waals surface area contributed by atoms with Crippen LogP contribution >= 0.6 is 0 Å². The molecule has 22 heavy (non-hydrogen) atoms. The second kappa shape index (κ2) is 5.55. The molecular weight excluding hydrogens is 284 g/mol. The third kappa shape index (κ3) is 2.63. The number of aryl methyl sites for hydroxylation is 1. The van der Waals surface area contributed by atoms with E-state index in [0.717, 1.165) is 25.7 Å². The van der Waals surface area contributed by atoms with Crippen LogP contribution in [0, 0.1) is 5.41 Å². The fourth-order valence-corrected chi connectivity index (χ4v) is 3.43. The van der Waals surface area contributed by atoms with Crippen LogP contribution in [-0.4, -0.2) is 38.9 Å². The lowest BCUT2D eigenvalue weighted by Gasteiger charge is -2.20. The van der Waals surface area contributed by atoms with E-state index in [1.807, 2.05) is 0 Å². The first-order chi connectivity index (χ1) is 10.5. The molecule has 1 aromatic rings. The fourth-order valence-electron chi connectivity index (χ4n) is 3.43. The number of nitrogens with zero attached hydrogens (tertiary/aromatic N) is 3. The number of anilines is 1. The van der Waals surface area contributed by atoms with Crippen molar-refractivity contribution in [2.75, 3.05) is 11.9 Å². The molecule has 2 heterocycles. The number of carbonyl (C=O) groups is 3. The average molecular weight is 304 g/mol. The zero-order valence-corrected chi connectivity index (χ0v) is 12.7. The van der Waals surface area contributed by atoms with Crippen molar-refractivity contribution in [3.05, 3.63) is 12.3 Å². The molecule has 3 amide bonds. The highest BCUT2D eigenvalue weighted by Gasteiger charge is 2.52. The van der Waals surface area contributed by atoms with Gasteiger partial charge in [-0.2, -0.15) is 5.10 Å². The lowest BCUT2D eigenvalue weighted by molar-refractivity contribution is -0.141. The molecule has 1 aliphatic heterocycles. The van der Waals surface area contributed by atoms with E-state index in [4.69, 9.17) is 0 Å². The summed E-state index contributed by atoms with van der Waals surface area (Å²) in [5.74, 6) is 0.00341. The molecule has 1 N–H and O–H groups in total. The first-order valence-corrected chi connectivity index (χ1v) is 7.64. The highest BCUT2D eigenvalue weighted by Crippen LogP contribution is 2.46. The van der Waals surface area contributed by atoms with Crippen molar-refractivity contribution in [2.24, 2.45) is 12.5 Å². The number of amides is 3. The van der Waals surface area contributed by atoms with E-state index in [1.165, 1.54) is 4.90 Å². The summed E-state index contributed by atoms with van der Waals surface area (Å²) in [7, 11) is 1.76. The van der Waals surface area contributed by atoms with E-state index < -0.39 is 5.41 Å². The van der Waals surface area contributed by atoms with Gasteiger partial charge < -0.3 is 5.32 Å². The van der Waals surface area contributed by atoms with Crippen molar-refractivity contribution in [1.29, 1.82) is 0 Å². The van der Waals surface area contributed by atoms with Crippen molar-refractivity contribution in [3.8, 4) is 0 Å². The van der Waals surface area contributed by atoms with E-state index in [0.29, 0.717) is 12.2 Å². The molecule has 0 unspecified atom stereocenters. The minimum absolute atomic E-state index is 0.0827. The summed E-state index contributed by atoms with van der Waals surface area (Å²) in [4.78, 5) is 37.7. The van der Waals surface area contributed by atoms with E-state index >= 15 is 0 Å². The number of nitrogens with one attached hydrogen (secondary N) is 1. The van der Waals surface area contributed by atoms with Gasteiger partial charge >= 0.3 is 0 Å². The third-order valence-corrected chi connectivity index (χ3v) is 4.59. The molecule has 2 fully saturated rings. The Bertz CT molecular complexity index is 616. The van der Waals surface area contributed by atoms with Crippen LogP contribution in [-0.2, 0) is 21.4 Å². The van der Waals surface area contributed by atoms with Crippen LogP contribution in [0.15, 0.2) is 12.3 Å². The van der Waals surface area contributed by atoms with E-state index in [-0.39, 0.29) is 30.7 Å². The molecule has 0 aromatic carbocycles. The second-order valence-corrected chi connectivity index (χ2v) is 6.19. The third-order valence-electron chi connectivity index (χ3n) is 4.59. The van der Waals surface area contributed by atoms with E-state index in [1.54, 1.807) is 24.0 Å². The molecule has 118 valence electrons. The largest absolute Gasteiger partial charge is 0.309 e. The van der Waals surface area contributed by atoms with Gasteiger partial charge in [0.1, 0.15) is 0 Å². The van der Waals surface area contributed by atoms with Crippen LogP contribution in [0.5, 0.6) is 0 Å². The van der Waals surface area contributed by atoms with Gasteiger partial charge in [0.2, 0.25) is 17.7 Å². The molecule has 1 spiro atoms. The number of hydrogen-bond acceptors (Lipinski definition) is 4. The molecular formula is C15H20N4O3. The predicted molar refractivity (Wildman–Crippen MR) is 78.7 cm³/mol. The predicted octanol–water partition coefficient (Wildman–Crippen LogP) is 1.07. The summed E-state index contributed by atoms with van der Waals surface area (Å²) < 4.78 is 1.59. The Morgan fingerprint density at radius 1 is 1.36 bits per heavy atom. The summed E-state index contributed by atoms with van der Waals surface area (Å²) in [5.41, 5.74) is -0.464. The van der Waals surface area contributed by atoms with Crippen LogP contribution < -0.4 is 5.32 Å². The number of hydrogen-bond donors (Lipinski definition) is 1. The van der Waals surface area contributed by atoms with E-state index in [9.17, 15) is 14.4 Å². The minimum atomic E-state index is -0.464. The van der Waals surface area contributed by atoms with Gasteiger partial charge in [-0.25, -0.2) is 0 Å². The maximum atomic E-state index is 12.5. The van der Waals surface area contributed by atoms with Gasteiger partial charge in [0.15, 0.2) is 5.82 Å². The standard InChI is InChI=1S/C15H20N4O3/c1-18-8-4-11(17-18)16-12(20)5-9-19-13(21)10-15(14(19)22)6-2-3-7-15/h4,8H,2-3,5-7,9-10H2,1H3,(H,16,17,20). The topological polar surface area (TPSA) is 84.3 Å². The monoisotopic (exact) mass is 304 g/mol. The molecule has 0 bridgehead atoms. The van der Waals surface area contributed by atoms with E-state index in [2.05, 4.69) is 10.4 Å². The molecule has 7 heteroatoms. The van der Waals surface area contributed by atoms with Gasteiger partial charge in [0, 0.05) is 38.7 Å². The smallest absolute Gasteiger partial charge is 0.235 e.